The lowest BCUT2D eigenvalue weighted by Gasteiger charge is -2.51. The van der Waals surface area contributed by atoms with Crippen molar-refractivity contribution in [2.45, 2.75) is 141 Å². The Morgan fingerprint density at radius 1 is 0.588 bits per heavy atom. The van der Waals surface area contributed by atoms with E-state index in [-0.39, 0.29) is 36.0 Å². The molecule has 1 aliphatic carbocycles. The second-order valence-electron chi connectivity index (χ2n) is 13.4. The highest BCUT2D eigenvalue weighted by Gasteiger charge is 2.48. The molecule has 0 spiro atoms. The van der Waals surface area contributed by atoms with Crippen molar-refractivity contribution in [3.8, 4) is 0 Å². The van der Waals surface area contributed by atoms with Gasteiger partial charge in [0.15, 0.2) is 0 Å². The van der Waals surface area contributed by atoms with Gasteiger partial charge in [0.1, 0.15) is 12.2 Å². The Bertz CT molecular complexity index is 669. The predicted molar refractivity (Wildman–Crippen MR) is 127 cm³/mol. The van der Waals surface area contributed by atoms with Crippen LogP contribution < -0.4 is 0 Å². The van der Waals surface area contributed by atoms with Gasteiger partial charge in [0, 0.05) is 47.8 Å². The van der Waals surface area contributed by atoms with Crippen molar-refractivity contribution in [1.82, 2.24) is 10.1 Å². The number of ether oxygens (including phenoxy) is 2. The average molecular weight is 483 g/mol. The summed E-state index contributed by atoms with van der Waals surface area (Å²) in [6.45, 7) is 15.7. The molecule has 2 heterocycles. The van der Waals surface area contributed by atoms with Gasteiger partial charge in [-0.1, -0.05) is 0 Å². The fourth-order valence-corrected chi connectivity index (χ4v) is 6.61. The van der Waals surface area contributed by atoms with Crippen LogP contribution in [0.15, 0.2) is 0 Å². The van der Waals surface area contributed by atoms with Gasteiger partial charge in [-0.3, -0.25) is 9.59 Å². The first-order valence-corrected chi connectivity index (χ1v) is 12.8. The van der Waals surface area contributed by atoms with E-state index in [4.69, 9.17) is 9.47 Å². The van der Waals surface area contributed by atoms with E-state index in [0.717, 1.165) is 0 Å². The summed E-state index contributed by atoms with van der Waals surface area (Å²) >= 11 is 0. The molecule has 2 saturated heterocycles. The van der Waals surface area contributed by atoms with Gasteiger partial charge in [-0.05, 0) is 81.1 Å². The highest BCUT2D eigenvalue weighted by atomic mass is 16.6. The number of nitrogens with zero attached hydrogens (tertiary/aromatic N) is 2. The largest absolute Gasteiger partial charge is 0.462 e. The van der Waals surface area contributed by atoms with Gasteiger partial charge in [0.05, 0.1) is 11.8 Å². The van der Waals surface area contributed by atoms with Gasteiger partial charge in [-0.15, -0.1) is 0 Å². The zero-order valence-corrected chi connectivity index (χ0v) is 22.4. The molecule has 0 radical (unpaired) electrons. The fourth-order valence-electron chi connectivity index (χ4n) is 6.61. The third-order valence-corrected chi connectivity index (χ3v) is 8.16. The van der Waals surface area contributed by atoms with Crippen molar-refractivity contribution in [2.24, 2.45) is 11.8 Å². The zero-order valence-electron chi connectivity index (χ0n) is 22.4. The molecule has 0 unspecified atom stereocenters. The van der Waals surface area contributed by atoms with Crippen LogP contribution in [0, 0.1) is 11.8 Å². The van der Waals surface area contributed by atoms with Crippen LogP contribution >= 0.6 is 0 Å². The summed E-state index contributed by atoms with van der Waals surface area (Å²) in [6.07, 6.45) is 4.36. The molecule has 0 bridgehead atoms. The molecule has 196 valence electrons. The molecular formula is C26H46N2O6. The van der Waals surface area contributed by atoms with Crippen LogP contribution in [0.25, 0.3) is 0 Å². The first-order chi connectivity index (χ1) is 15.4. The minimum atomic E-state index is -0.469. The highest BCUT2D eigenvalue weighted by Crippen LogP contribution is 2.40. The van der Waals surface area contributed by atoms with Gasteiger partial charge < -0.3 is 19.9 Å². The molecular weight excluding hydrogens is 436 g/mol. The maximum atomic E-state index is 12.9. The molecule has 3 fully saturated rings. The monoisotopic (exact) mass is 482 g/mol. The summed E-state index contributed by atoms with van der Waals surface area (Å²) < 4.78 is 11.8. The maximum Gasteiger partial charge on any atom is 0.309 e. The minimum Gasteiger partial charge on any atom is -0.462 e. The minimum absolute atomic E-state index is 0.186. The van der Waals surface area contributed by atoms with E-state index >= 15 is 0 Å². The number of hydrogen-bond donors (Lipinski definition) is 2. The number of rotatable bonds is 4. The second-order valence-corrected chi connectivity index (χ2v) is 13.4. The van der Waals surface area contributed by atoms with E-state index < -0.39 is 22.2 Å². The van der Waals surface area contributed by atoms with E-state index in [2.05, 4.69) is 0 Å². The predicted octanol–water partition coefficient (Wildman–Crippen LogP) is 4.70. The van der Waals surface area contributed by atoms with Crippen molar-refractivity contribution in [1.29, 1.82) is 0 Å². The van der Waals surface area contributed by atoms with Crippen LogP contribution in [0.2, 0.25) is 0 Å². The van der Waals surface area contributed by atoms with Crippen LogP contribution in [-0.2, 0) is 19.1 Å². The number of hydroxylamine groups is 4. The van der Waals surface area contributed by atoms with Crippen LogP contribution in [0.3, 0.4) is 0 Å². The number of piperidine rings is 2. The summed E-state index contributed by atoms with van der Waals surface area (Å²) in [4.78, 5) is 25.8. The smallest absolute Gasteiger partial charge is 0.309 e. The van der Waals surface area contributed by atoms with Gasteiger partial charge in [0.2, 0.25) is 0 Å². The van der Waals surface area contributed by atoms with E-state index in [9.17, 15) is 20.0 Å². The number of hydrogen-bond acceptors (Lipinski definition) is 8. The lowest BCUT2D eigenvalue weighted by molar-refractivity contribution is -0.260. The Balaban J connectivity index is 1.49. The summed E-state index contributed by atoms with van der Waals surface area (Å²) in [7, 11) is 0. The molecule has 0 aromatic rings. The third-order valence-electron chi connectivity index (χ3n) is 8.16. The quantitative estimate of drug-likeness (QED) is 0.556. The first-order valence-electron chi connectivity index (χ1n) is 12.8. The standard InChI is InChI=1S/C26H46N2O6/c1-23(2)13-19(14-24(3,4)27(23)31)33-21(29)17-9-11-18(12-10-17)22(30)34-20-15-25(5,6)28(32)26(7,8)16-20/h17-20,31-32H,9-16H2,1-8H3/t17-,18-. The molecule has 2 N–H and O–H groups in total. The summed E-state index contributed by atoms with van der Waals surface area (Å²) in [5.74, 6) is -0.766. The average Bonchev–Trinajstić information content (AvgIpc) is 2.69. The molecule has 3 aliphatic rings. The molecule has 8 heteroatoms. The van der Waals surface area contributed by atoms with Gasteiger partial charge >= 0.3 is 11.9 Å². The zero-order chi connectivity index (χ0) is 25.7. The Morgan fingerprint density at radius 3 is 1.06 bits per heavy atom. The highest BCUT2D eigenvalue weighted by molar-refractivity contribution is 5.75. The Morgan fingerprint density at radius 2 is 0.824 bits per heavy atom. The van der Waals surface area contributed by atoms with E-state index in [0.29, 0.717) is 51.4 Å². The van der Waals surface area contributed by atoms with E-state index in [1.807, 2.05) is 55.4 Å². The summed E-state index contributed by atoms with van der Waals surface area (Å²) in [6, 6.07) is 0. The van der Waals surface area contributed by atoms with Crippen molar-refractivity contribution in [3.63, 3.8) is 0 Å². The van der Waals surface area contributed by atoms with Crippen LogP contribution in [0.1, 0.15) is 107 Å². The summed E-state index contributed by atoms with van der Waals surface area (Å²) in [5, 5.41) is 23.7. The topological polar surface area (TPSA) is 99.5 Å². The molecule has 2 aliphatic heterocycles. The molecule has 8 nitrogen and oxygen atoms in total. The van der Waals surface area contributed by atoms with Gasteiger partial charge in [-0.2, -0.15) is 10.1 Å². The lowest BCUT2D eigenvalue weighted by atomic mass is 9.79. The van der Waals surface area contributed by atoms with Crippen LogP contribution in [-0.4, -0.2) is 66.8 Å². The SMILES string of the molecule is CC1(C)CC(OC(=O)[C@H]2CC[C@H](C(=O)OC3CC(C)(C)N(O)C(C)(C)C3)CC2)CC(C)(C)N1O. The molecule has 0 aromatic heterocycles. The normalized spacial score (nSPS) is 32.2. The summed E-state index contributed by atoms with van der Waals surface area (Å²) in [5.41, 5.74) is -1.88. The molecule has 34 heavy (non-hydrogen) atoms. The Hall–Kier alpha value is -1.22. The lowest BCUT2D eigenvalue weighted by Crippen LogP contribution is -2.61. The molecule has 0 atom stereocenters. The van der Waals surface area contributed by atoms with Gasteiger partial charge in [0.25, 0.3) is 0 Å². The van der Waals surface area contributed by atoms with Crippen molar-refractivity contribution in [2.75, 3.05) is 0 Å². The molecule has 0 aromatic carbocycles. The fraction of sp³-hybridized carbons (Fsp3) is 0.923. The van der Waals surface area contributed by atoms with Crippen LogP contribution in [0.5, 0.6) is 0 Å². The van der Waals surface area contributed by atoms with Gasteiger partial charge in [-0.25, -0.2) is 0 Å². The van der Waals surface area contributed by atoms with Crippen molar-refractivity contribution < 1.29 is 29.5 Å². The second kappa shape index (κ2) is 9.34. The molecule has 0 amide bonds. The molecule has 1 saturated carbocycles. The van der Waals surface area contributed by atoms with Crippen LogP contribution in [0.4, 0.5) is 0 Å². The Labute approximate surface area is 204 Å². The number of esters is 2. The Kier molecular flexibility index (Phi) is 7.52. The van der Waals surface area contributed by atoms with Crippen molar-refractivity contribution in [3.05, 3.63) is 0 Å². The first kappa shape index (κ1) is 27.4. The number of carbonyl (C=O) groups is 2. The van der Waals surface area contributed by atoms with Crippen molar-refractivity contribution >= 4 is 11.9 Å². The molecule has 3 rings (SSSR count). The third kappa shape index (κ3) is 5.77. The van der Waals surface area contributed by atoms with E-state index in [1.165, 1.54) is 10.1 Å². The maximum absolute atomic E-state index is 12.9. The van der Waals surface area contributed by atoms with E-state index in [1.54, 1.807) is 0 Å². The number of carbonyl (C=O) groups excluding carboxylic acids is 2.